The van der Waals surface area contributed by atoms with Gasteiger partial charge in [0.2, 0.25) is 0 Å². The molecular formula is C13H27N3O2. The fourth-order valence-electron chi connectivity index (χ4n) is 2.43. The van der Waals surface area contributed by atoms with Crippen LogP contribution in [0.4, 0.5) is 0 Å². The van der Waals surface area contributed by atoms with Crippen LogP contribution in [0.2, 0.25) is 0 Å². The number of nitrogens with one attached hydrogen (secondary N) is 1. The molecule has 1 rings (SSSR count). The number of hydrogen-bond donors (Lipinski definition) is 1. The quantitative estimate of drug-likeness (QED) is 0.711. The average Bonchev–Trinajstić information content (AvgIpc) is 2.36. The van der Waals surface area contributed by atoms with Crippen molar-refractivity contribution in [3.05, 3.63) is 0 Å². The fourth-order valence-corrected chi connectivity index (χ4v) is 2.43. The lowest BCUT2D eigenvalue weighted by molar-refractivity contribution is -0.148. The van der Waals surface area contributed by atoms with Crippen molar-refractivity contribution in [2.24, 2.45) is 0 Å². The smallest absolute Gasteiger partial charge is 0.325 e. The number of carbonyl (C=O) groups excluding carboxylic acids is 1. The Bertz CT molecular complexity index is 285. The second-order valence-electron chi connectivity index (χ2n) is 5.47. The van der Waals surface area contributed by atoms with E-state index in [1.807, 2.05) is 14.0 Å². The van der Waals surface area contributed by atoms with Crippen LogP contribution < -0.4 is 5.32 Å². The van der Waals surface area contributed by atoms with Gasteiger partial charge in [0.15, 0.2) is 0 Å². The number of piperazine rings is 1. The summed E-state index contributed by atoms with van der Waals surface area (Å²) in [7, 11) is 5.40. The summed E-state index contributed by atoms with van der Waals surface area (Å²) in [6.45, 7) is 8.32. The minimum atomic E-state index is -0.585. The van der Waals surface area contributed by atoms with E-state index >= 15 is 0 Å². The van der Waals surface area contributed by atoms with Crippen LogP contribution >= 0.6 is 0 Å². The van der Waals surface area contributed by atoms with Crippen LogP contribution in [-0.2, 0) is 9.53 Å². The molecule has 5 nitrogen and oxygen atoms in total. The highest BCUT2D eigenvalue weighted by atomic mass is 16.5. The van der Waals surface area contributed by atoms with Gasteiger partial charge in [-0.2, -0.15) is 0 Å². The summed E-state index contributed by atoms with van der Waals surface area (Å²) in [6.07, 6.45) is 0.768. The topological polar surface area (TPSA) is 44.8 Å². The van der Waals surface area contributed by atoms with E-state index in [0.717, 1.165) is 32.6 Å². The molecule has 1 fully saturated rings. The third kappa shape index (κ3) is 3.67. The summed E-state index contributed by atoms with van der Waals surface area (Å²) in [5.74, 6) is -0.188. The second-order valence-corrected chi connectivity index (χ2v) is 5.47. The molecule has 2 unspecified atom stereocenters. The first-order valence-corrected chi connectivity index (χ1v) is 6.63. The summed E-state index contributed by atoms with van der Waals surface area (Å²) in [5.41, 5.74) is -0.585. The lowest BCUT2D eigenvalue weighted by Gasteiger charge is -2.39. The summed E-state index contributed by atoms with van der Waals surface area (Å²) in [4.78, 5) is 16.5. The number of likely N-dealkylation sites (N-methyl/N-ethyl adjacent to an activating group) is 2. The molecule has 1 aliphatic heterocycles. The van der Waals surface area contributed by atoms with Crippen LogP contribution in [0.3, 0.4) is 0 Å². The Hall–Kier alpha value is -0.650. The number of carbonyl (C=O) groups is 1. The van der Waals surface area contributed by atoms with Crippen molar-refractivity contribution >= 4 is 5.97 Å². The molecule has 0 radical (unpaired) electrons. The predicted octanol–water partition coefficient (Wildman–Crippen LogP) is 0.164. The second kappa shape index (κ2) is 6.50. The van der Waals surface area contributed by atoms with E-state index in [2.05, 4.69) is 29.1 Å². The zero-order chi connectivity index (χ0) is 13.8. The van der Waals surface area contributed by atoms with E-state index in [4.69, 9.17) is 4.74 Å². The van der Waals surface area contributed by atoms with Crippen molar-refractivity contribution < 1.29 is 9.53 Å². The molecule has 1 N–H and O–H groups in total. The molecule has 2 atom stereocenters. The average molecular weight is 257 g/mol. The molecule has 5 heteroatoms. The molecule has 0 aromatic heterocycles. The molecule has 0 aromatic carbocycles. The number of rotatable bonds is 5. The SMILES string of the molecule is CNC(C)(CCN1CCN(C)CC1C)C(=O)OC. The standard InChI is InChI=1S/C13H27N3O2/c1-11-10-15(4)8-9-16(11)7-6-13(2,14-3)12(17)18-5/h11,14H,6-10H2,1-5H3. The molecule has 0 bridgehead atoms. The van der Waals surface area contributed by atoms with Crippen LogP contribution in [0, 0.1) is 0 Å². The molecule has 1 heterocycles. The van der Waals surface area contributed by atoms with Crippen LogP contribution in [0.15, 0.2) is 0 Å². The number of hydrogen-bond acceptors (Lipinski definition) is 5. The maximum atomic E-state index is 11.8. The monoisotopic (exact) mass is 257 g/mol. The van der Waals surface area contributed by atoms with Gasteiger partial charge >= 0.3 is 5.97 Å². The molecule has 1 saturated heterocycles. The first-order valence-electron chi connectivity index (χ1n) is 6.63. The molecule has 18 heavy (non-hydrogen) atoms. The van der Waals surface area contributed by atoms with Gasteiger partial charge in [0.25, 0.3) is 0 Å². The molecule has 0 aromatic rings. The Balaban J connectivity index is 2.50. The lowest BCUT2D eigenvalue weighted by Crippen LogP contribution is -2.54. The van der Waals surface area contributed by atoms with Gasteiger partial charge in [0.1, 0.15) is 5.54 Å². The van der Waals surface area contributed by atoms with Crippen LogP contribution in [-0.4, -0.2) is 74.7 Å². The van der Waals surface area contributed by atoms with Gasteiger partial charge < -0.3 is 15.0 Å². The van der Waals surface area contributed by atoms with Gasteiger partial charge in [-0.15, -0.1) is 0 Å². The Morgan fingerprint density at radius 1 is 1.50 bits per heavy atom. The Morgan fingerprint density at radius 2 is 2.17 bits per heavy atom. The first-order chi connectivity index (χ1) is 8.42. The van der Waals surface area contributed by atoms with E-state index in [-0.39, 0.29) is 5.97 Å². The van der Waals surface area contributed by atoms with Gasteiger partial charge in [0, 0.05) is 32.2 Å². The summed E-state index contributed by atoms with van der Waals surface area (Å²) < 4.78 is 4.86. The first kappa shape index (κ1) is 15.4. The highest BCUT2D eigenvalue weighted by molar-refractivity contribution is 5.80. The Kier molecular flexibility index (Phi) is 5.56. The summed E-state index contributed by atoms with van der Waals surface area (Å²) >= 11 is 0. The number of ether oxygens (including phenoxy) is 1. The Morgan fingerprint density at radius 3 is 2.67 bits per heavy atom. The van der Waals surface area contributed by atoms with E-state index in [1.54, 1.807) is 0 Å². The van der Waals surface area contributed by atoms with Crippen molar-refractivity contribution in [1.29, 1.82) is 0 Å². The van der Waals surface area contributed by atoms with Crippen molar-refractivity contribution in [2.45, 2.75) is 31.8 Å². The van der Waals surface area contributed by atoms with E-state index < -0.39 is 5.54 Å². The van der Waals surface area contributed by atoms with Gasteiger partial charge in [0.05, 0.1) is 7.11 Å². The van der Waals surface area contributed by atoms with Gasteiger partial charge in [-0.05, 0) is 34.4 Å². The molecule has 0 amide bonds. The van der Waals surface area contributed by atoms with Crippen molar-refractivity contribution in [3.8, 4) is 0 Å². The zero-order valence-electron chi connectivity index (χ0n) is 12.3. The molecular weight excluding hydrogens is 230 g/mol. The van der Waals surface area contributed by atoms with Crippen LogP contribution in [0.25, 0.3) is 0 Å². The highest BCUT2D eigenvalue weighted by Gasteiger charge is 2.33. The van der Waals surface area contributed by atoms with E-state index in [0.29, 0.717) is 6.04 Å². The normalized spacial score (nSPS) is 25.7. The lowest BCUT2D eigenvalue weighted by atomic mass is 9.97. The maximum absolute atomic E-state index is 11.8. The summed E-state index contributed by atoms with van der Waals surface area (Å²) in [5, 5.41) is 3.08. The number of methoxy groups -OCH3 is 1. The number of esters is 1. The summed E-state index contributed by atoms with van der Waals surface area (Å²) in [6, 6.07) is 0.544. The van der Waals surface area contributed by atoms with E-state index in [9.17, 15) is 4.79 Å². The third-order valence-corrected chi connectivity index (χ3v) is 4.05. The van der Waals surface area contributed by atoms with Crippen molar-refractivity contribution in [1.82, 2.24) is 15.1 Å². The zero-order valence-corrected chi connectivity index (χ0v) is 12.3. The fraction of sp³-hybridized carbons (Fsp3) is 0.923. The molecule has 0 saturated carbocycles. The Labute approximate surface area is 110 Å². The highest BCUT2D eigenvalue weighted by Crippen LogP contribution is 2.15. The van der Waals surface area contributed by atoms with Gasteiger partial charge in [-0.3, -0.25) is 9.69 Å². The van der Waals surface area contributed by atoms with Crippen LogP contribution in [0.5, 0.6) is 0 Å². The van der Waals surface area contributed by atoms with Crippen molar-refractivity contribution in [3.63, 3.8) is 0 Å². The minimum absolute atomic E-state index is 0.188. The predicted molar refractivity (Wildman–Crippen MR) is 72.6 cm³/mol. The molecule has 0 aliphatic carbocycles. The van der Waals surface area contributed by atoms with Crippen molar-refractivity contribution in [2.75, 3.05) is 47.4 Å². The van der Waals surface area contributed by atoms with Gasteiger partial charge in [-0.1, -0.05) is 0 Å². The molecule has 1 aliphatic rings. The van der Waals surface area contributed by atoms with Crippen LogP contribution in [0.1, 0.15) is 20.3 Å². The third-order valence-electron chi connectivity index (χ3n) is 4.05. The molecule has 106 valence electrons. The maximum Gasteiger partial charge on any atom is 0.325 e. The van der Waals surface area contributed by atoms with Gasteiger partial charge in [-0.25, -0.2) is 0 Å². The number of nitrogens with zero attached hydrogens (tertiary/aromatic N) is 2. The largest absolute Gasteiger partial charge is 0.468 e. The molecule has 0 spiro atoms. The van der Waals surface area contributed by atoms with E-state index in [1.165, 1.54) is 7.11 Å². The minimum Gasteiger partial charge on any atom is -0.468 e.